The fraction of sp³-hybridized carbons (Fsp3) is 0.0714. The molecule has 0 aliphatic rings. The van der Waals surface area contributed by atoms with Gasteiger partial charge in [-0.3, -0.25) is 20.0 Å². The highest BCUT2D eigenvalue weighted by molar-refractivity contribution is 7.13. The van der Waals surface area contributed by atoms with E-state index in [2.05, 4.69) is 9.97 Å². The van der Waals surface area contributed by atoms with Crippen LogP contribution in [0.15, 0.2) is 71.7 Å². The van der Waals surface area contributed by atoms with Gasteiger partial charge in [-0.15, -0.1) is 22.7 Å². The first kappa shape index (κ1) is 27.9. The van der Waals surface area contributed by atoms with Crippen molar-refractivity contribution in [3.05, 3.63) is 82.8 Å². The number of hydrogen-bond acceptors (Lipinski definition) is 11. The molecule has 0 spiro atoms. The van der Waals surface area contributed by atoms with E-state index in [-0.39, 0.29) is 23.0 Å². The van der Waals surface area contributed by atoms with E-state index in [1.165, 1.54) is 56.3 Å². The lowest BCUT2D eigenvalue weighted by Gasteiger charge is -2.18. The second-order valence-electron chi connectivity index (χ2n) is 9.26. The zero-order chi connectivity index (χ0) is 30.4. The van der Waals surface area contributed by atoms with Crippen LogP contribution < -0.4 is 11.5 Å². The number of aliphatic hydroxyl groups excluding tert-OH is 2. The van der Waals surface area contributed by atoms with Crippen LogP contribution in [0, 0.1) is 10.8 Å². The zero-order valence-electron chi connectivity index (χ0n) is 22.0. The van der Waals surface area contributed by atoms with Gasteiger partial charge in [0.05, 0.1) is 21.1 Å². The van der Waals surface area contributed by atoms with Crippen LogP contribution in [-0.4, -0.2) is 52.9 Å². The molecule has 0 bridgehead atoms. The van der Waals surface area contributed by atoms with Gasteiger partial charge in [-0.25, -0.2) is 19.6 Å². The summed E-state index contributed by atoms with van der Waals surface area (Å²) in [6, 6.07) is 13.4. The number of carbonyl (C=O) groups excluding carboxylic acids is 2. The summed E-state index contributed by atoms with van der Waals surface area (Å²) in [5.74, 6) is -3.22. The minimum Gasteiger partial charge on any atom is -0.386 e. The highest BCUT2D eigenvalue weighted by Gasteiger charge is 2.33. The summed E-state index contributed by atoms with van der Waals surface area (Å²) in [6.07, 6.45) is -1.35. The number of hydrogen-bond donors (Lipinski definition) is 6. The molecule has 13 nitrogen and oxygen atoms in total. The lowest BCUT2D eigenvalue weighted by Crippen LogP contribution is -2.29. The number of thiophene rings is 2. The smallest absolute Gasteiger partial charge is 0.364 e. The zero-order valence-corrected chi connectivity index (χ0v) is 23.6. The van der Waals surface area contributed by atoms with Crippen LogP contribution >= 0.6 is 22.7 Å². The second kappa shape index (κ2) is 10.9. The van der Waals surface area contributed by atoms with Crippen LogP contribution in [0.2, 0.25) is 0 Å². The van der Waals surface area contributed by atoms with E-state index in [1.807, 2.05) is 0 Å². The third kappa shape index (κ3) is 4.75. The third-order valence-corrected chi connectivity index (χ3v) is 8.50. The number of nitrogens with zero attached hydrogens (tertiary/aromatic N) is 4. The molecular weight excluding hydrogens is 592 g/mol. The number of nitrogens with one attached hydrogen (secondary N) is 2. The predicted molar refractivity (Wildman–Crippen MR) is 162 cm³/mol. The van der Waals surface area contributed by atoms with Crippen molar-refractivity contribution in [3.63, 3.8) is 0 Å². The van der Waals surface area contributed by atoms with Crippen LogP contribution in [0.4, 0.5) is 0 Å². The lowest BCUT2D eigenvalue weighted by molar-refractivity contribution is -0.177. The summed E-state index contributed by atoms with van der Waals surface area (Å²) in [5.41, 5.74) is 13.2. The van der Waals surface area contributed by atoms with Gasteiger partial charge in [0.25, 0.3) is 0 Å². The van der Waals surface area contributed by atoms with Gasteiger partial charge in [-0.1, -0.05) is 12.1 Å². The highest BCUT2D eigenvalue weighted by Crippen LogP contribution is 2.36. The number of aromatic nitrogens is 4. The van der Waals surface area contributed by atoms with Crippen molar-refractivity contribution in [2.24, 2.45) is 11.5 Å². The van der Waals surface area contributed by atoms with Gasteiger partial charge in [0.2, 0.25) is 12.5 Å². The van der Waals surface area contributed by atoms with E-state index < -0.39 is 24.4 Å². The Balaban J connectivity index is 1.38. The third-order valence-electron chi connectivity index (χ3n) is 6.72. The molecule has 216 valence electrons. The molecule has 6 aromatic heterocycles. The monoisotopic (exact) mass is 614 g/mol. The van der Waals surface area contributed by atoms with Crippen LogP contribution in [0.5, 0.6) is 0 Å². The second-order valence-corrected chi connectivity index (χ2v) is 11.2. The summed E-state index contributed by atoms with van der Waals surface area (Å²) in [7, 11) is 0. The normalized spacial score (nSPS) is 12.8. The molecule has 0 aliphatic heterocycles. The van der Waals surface area contributed by atoms with Crippen molar-refractivity contribution >= 4 is 68.4 Å². The molecule has 6 heterocycles. The molecule has 8 N–H and O–H groups in total. The maximum atomic E-state index is 13.2. The maximum Gasteiger partial charge on any atom is 0.364 e. The van der Waals surface area contributed by atoms with E-state index in [1.54, 1.807) is 47.2 Å². The molecule has 43 heavy (non-hydrogen) atoms. The van der Waals surface area contributed by atoms with Crippen molar-refractivity contribution < 1.29 is 24.5 Å². The fourth-order valence-corrected chi connectivity index (χ4v) is 6.32. The summed E-state index contributed by atoms with van der Waals surface area (Å²) >= 11 is 2.67. The van der Waals surface area contributed by atoms with Crippen molar-refractivity contribution in [3.8, 4) is 21.1 Å². The molecule has 0 amide bonds. The highest BCUT2D eigenvalue weighted by atomic mass is 32.1. The summed E-state index contributed by atoms with van der Waals surface area (Å²) in [5, 5.41) is 42.7. The number of nitrogens with two attached hydrogens (primary N) is 2. The first-order valence-corrected chi connectivity index (χ1v) is 14.3. The summed E-state index contributed by atoms with van der Waals surface area (Å²) < 4.78 is 7.38. The van der Waals surface area contributed by atoms with Gasteiger partial charge in [0.1, 0.15) is 23.0 Å². The summed E-state index contributed by atoms with van der Waals surface area (Å²) in [4.78, 5) is 36.4. The van der Waals surface area contributed by atoms with Gasteiger partial charge in [-0.05, 0) is 47.2 Å². The molecular formula is C28H22N8O5S2. The molecule has 15 heteroatoms. The molecule has 0 radical (unpaired) electrons. The molecule has 0 saturated heterocycles. The number of ether oxygens (including phenoxy) is 1. The fourth-order valence-electron chi connectivity index (χ4n) is 4.84. The molecule has 6 aromatic rings. The van der Waals surface area contributed by atoms with E-state index in [0.29, 0.717) is 43.0 Å². The number of aliphatic hydroxyl groups is 2. The number of rotatable bonds is 8. The Labute approximate surface area is 250 Å². The molecule has 2 atom stereocenters. The van der Waals surface area contributed by atoms with E-state index in [0.717, 1.165) is 0 Å². The molecule has 6 rings (SSSR count). The number of nitrogen functional groups attached to an aromatic ring is 2. The Bertz CT molecular complexity index is 1900. The minimum atomic E-state index is -2.05. The molecule has 0 fully saturated rings. The quantitative estimate of drug-likeness (QED) is 0.0641. The van der Waals surface area contributed by atoms with E-state index >= 15 is 0 Å². The maximum absolute atomic E-state index is 13.2. The van der Waals surface area contributed by atoms with E-state index in [9.17, 15) is 19.8 Å². The van der Waals surface area contributed by atoms with Crippen molar-refractivity contribution in [1.29, 1.82) is 10.8 Å². The Kier molecular flexibility index (Phi) is 7.07. The molecule has 0 aromatic carbocycles. The van der Waals surface area contributed by atoms with Crippen LogP contribution in [0.25, 0.3) is 43.2 Å². The predicted octanol–water partition coefficient (Wildman–Crippen LogP) is 3.16. The van der Waals surface area contributed by atoms with Gasteiger partial charge in [0.15, 0.2) is 0 Å². The Morgan fingerprint density at radius 2 is 1.19 bits per heavy atom. The molecule has 0 saturated carbocycles. The summed E-state index contributed by atoms with van der Waals surface area (Å²) in [6.45, 7) is 0. The van der Waals surface area contributed by atoms with Gasteiger partial charge < -0.3 is 26.4 Å². The Hall–Kier alpha value is -5.22. The molecule has 2 unspecified atom stereocenters. The average Bonchev–Trinajstić information content (AvgIpc) is 3.80. The average molecular weight is 615 g/mol. The first-order chi connectivity index (χ1) is 20.7. The molecule has 0 aliphatic carbocycles. The van der Waals surface area contributed by atoms with Crippen LogP contribution in [-0.2, 0) is 14.3 Å². The van der Waals surface area contributed by atoms with Gasteiger partial charge in [0, 0.05) is 34.3 Å². The largest absolute Gasteiger partial charge is 0.386 e. The number of carbonyl (C=O) groups is 2. The van der Waals surface area contributed by atoms with E-state index in [4.69, 9.17) is 27.0 Å². The standard InChI is InChI=1S/C28H22N8O5S2/c29-21(30)13-5-7-33-23-15(13)11-17(19-3-1-9-42-19)35(23)25(37)27(39)41-28(40)26(38)36-18(20-4-2-10-43-20)12-16-14(22(31)32)6-8-34-24(16)36/h1-12,25-26,37-38H,(H3,29,30)(H3,31,32). The Morgan fingerprint density at radius 1 is 0.767 bits per heavy atom. The van der Waals surface area contributed by atoms with Crippen molar-refractivity contribution in [2.75, 3.05) is 0 Å². The van der Waals surface area contributed by atoms with Crippen LogP contribution in [0.1, 0.15) is 23.6 Å². The minimum absolute atomic E-state index is 0.130. The first-order valence-electron chi connectivity index (χ1n) is 12.6. The van der Waals surface area contributed by atoms with Gasteiger partial charge >= 0.3 is 11.9 Å². The number of amidine groups is 2. The number of esters is 2. The van der Waals surface area contributed by atoms with Crippen molar-refractivity contribution in [1.82, 2.24) is 19.1 Å². The lowest BCUT2D eigenvalue weighted by atomic mass is 10.1. The van der Waals surface area contributed by atoms with Crippen LogP contribution in [0.3, 0.4) is 0 Å². The SMILES string of the molecule is N=C(N)c1ccnc2c1cc(-c1cccs1)n2C(O)C(=O)OC(=O)C(O)n1c(-c2cccs2)cc2c(C(=N)N)ccnc21. The Morgan fingerprint density at radius 3 is 1.53 bits per heavy atom. The topological polar surface area (TPSA) is 219 Å². The van der Waals surface area contributed by atoms with Gasteiger partial charge in [-0.2, -0.15) is 0 Å². The van der Waals surface area contributed by atoms with Crippen molar-refractivity contribution in [2.45, 2.75) is 12.5 Å². The number of fused-ring (bicyclic) bond motifs is 2. The number of pyridine rings is 2.